The summed E-state index contributed by atoms with van der Waals surface area (Å²) in [6.45, 7) is 4.71. The number of hydrogen-bond acceptors (Lipinski definition) is 3. The standard InChI is InChI=1S/C15H20Br2N2O/c1-20-15-12(16)6-10(7-13(15)17)8-18-14-9-19-4-2-11(14)3-5-19/h6-7,11,14,18H,2-5,8-9H2,1H3. The van der Waals surface area contributed by atoms with Crippen molar-refractivity contribution < 1.29 is 4.74 Å². The summed E-state index contributed by atoms with van der Waals surface area (Å²) in [5, 5.41) is 3.74. The third-order valence-corrected chi connectivity index (χ3v) is 5.66. The molecule has 0 saturated carbocycles. The van der Waals surface area contributed by atoms with E-state index in [1.54, 1.807) is 7.11 Å². The van der Waals surface area contributed by atoms with Crippen LogP contribution < -0.4 is 10.1 Å². The molecule has 3 aliphatic rings. The molecule has 1 unspecified atom stereocenters. The van der Waals surface area contributed by atoms with Gasteiger partial charge in [-0.15, -0.1) is 0 Å². The topological polar surface area (TPSA) is 24.5 Å². The van der Waals surface area contributed by atoms with Crippen molar-refractivity contribution in [2.45, 2.75) is 25.4 Å². The molecule has 3 saturated heterocycles. The molecule has 1 atom stereocenters. The van der Waals surface area contributed by atoms with Crippen LogP contribution in [-0.4, -0.2) is 37.7 Å². The third-order valence-electron chi connectivity index (χ3n) is 4.49. The Bertz CT molecular complexity index is 464. The van der Waals surface area contributed by atoms with E-state index in [4.69, 9.17) is 4.74 Å². The van der Waals surface area contributed by atoms with Crippen LogP contribution in [0.3, 0.4) is 0 Å². The largest absolute Gasteiger partial charge is 0.494 e. The summed E-state index contributed by atoms with van der Waals surface area (Å²) in [4.78, 5) is 2.58. The van der Waals surface area contributed by atoms with Gasteiger partial charge in [-0.3, -0.25) is 0 Å². The first-order valence-electron chi connectivity index (χ1n) is 7.15. The number of hydrogen-bond donors (Lipinski definition) is 1. The van der Waals surface area contributed by atoms with Crippen LogP contribution in [0, 0.1) is 5.92 Å². The summed E-state index contributed by atoms with van der Waals surface area (Å²) in [5.74, 6) is 1.72. The Morgan fingerprint density at radius 3 is 2.40 bits per heavy atom. The Morgan fingerprint density at radius 2 is 1.90 bits per heavy atom. The molecule has 0 aliphatic carbocycles. The van der Waals surface area contributed by atoms with Crippen LogP contribution in [0.15, 0.2) is 21.1 Å². The van der Waals surface area contributed by atoms with Gasteiger partial charge in [0.05, 0.1) is 16.1 Å². The predicted molar refractivity (Wildman–Crippen MR) is 88.2 cm³/mol. The van der Waals surface area contributed by atoms with Gasteiger partial charge in [0.15, 0.2) is 0 Å². The van der Waals surface area contributed by atoms with E-state index in [1.807, 2.05) is 0 Å². The van der Waals surface area contributed by atoms with Gasteiger partial charge in [0.1, 0.15) is 5.75 Å². The molecule has 2 bridgehead atoms. The van der Waals surface area contributed by atoms with Crippen LogP contribution in [0.2, 0.25) is 0 Å². The average Bonchev–Trinajstić information content (AvgIpc) is 2.46. The van der Waals surface area contributed by atoms with E-state index in [2.05, 4.69) is 54.2 Å². The second kappa shape index (κ2) is 6.34. The van der Waals surface area contributed by atoms with E-state index in [1.165, 1.54) is 38.0 Å². The molecule has 4 rings (SSSR count). The Hall–Kier alpha value is -0.100. The van der Waals surface area contributed by atoms with Crippen molar-refractivity contribution in [2.24, 2.45) is 5.92 Å². The van der Waals surface area contributed by atoms with Crippen molar-refractivity contribution in [3.05, 3.63) is 26.6 Å². The Morgan fingerprint density at radius 1 is 1.25 bits per heavy atom. The highest BCUT2D eigenvalue weighted by atomic mass is 79.9. The molecule has 0 spiro atoms. The van der Waals surface area contributed by atoms with E-state index in [0.29, 0.717) is 6.04 Å². The third kappa shape index (κ3) is 3.06. The van der Waals surface area contributed by atoms with Crippen LogP contribution >= 0.6 is 31.9 Å². The van der Waals surface area contributed by atoms with E-state index >= 15 is 0 Å². The van der Waals surface area contributed by atoms with Gasteiger partial charge in [0.25, 0.3) is 0 Å². The Labute approximate surface area is 137 Å². The number of fused-ring (bicyclic) bond motifs is 3. The monoisotopic (exact) mass is 402 g/mol. The lowest BCUT2D eigenvalue weighted by atomic mass is 9.84. The molecule has 5 heteroatoms. The van der Waals surface area contributed by atoms with Crippen molar-refractivity contribution >= 4 is 31.9 Å². The Balaban J connectivity index is 1.64. The highest BCUT2D eigenvalue weighted by Crippen LogP contribution is 2.34. The lowest BCUT2D eigenvalue weighted by Crippen LogP contribution is -2.55. The minimum Gasteiger partial charge on any atom is -0.494 e. The number of nitrogens with one attached hydrogen (secondary N) is 1. The van der Waals surface area contributed by atoms with E-state index in [9.17, 15) is 0 Å². The van der Waals surface area contributed by atoms with Gasteiger partial charge in [0.2, 0.25) is 0 Å². The maximum atomic E-state index is 5.34. The average molecular weight is 404 g/mol. The van der Waals surface area contributed by atoms with E-state index < -0.39 is 0 Å². The molecule has 0 aromatic heterocycles. The maximum Gasteiger partial charge on any atom is 0.147 e. The number of nitrogens with zero attached hydrogens (tertiary/aromatic N) is 1. The number of methoxy groups -OCH3 is 1. The van der Waals surface area contributed by atoms with Gasteiger partial charge in [0, 0.05) is 19.1 Å². The summed E-state index contributed by atoms with van der Waals surface area (Å²) in [5.41, 5.74) is 1.28. The smallest absolute Gasteiger partial charge is 0.147 e. The molecular formula is C15H20Br2N2O. The van der Waals surface area contributed by atoms with Gasteiger partial charge in [-0.2, -0.15) is 0 Å². The highest BCUT2D eigenvalue weighted by molar-refractivity contribution is 9.11. The van der Waals surface area contributed by atoms with Crippen molar-refractivity contribution in [2.75, 3.05) is 26.7 Å². The van der Waals surface area contributed by atoms with Gasteiger partial charge in [-0.25, -0.2) is 0 Å². The fourth-order valence-electron chi connectivity index (χ4n) is 3.35. The minimum absolute atomic E-state index is 0.650. The quantitative estimate of drug-likeness (QED) is 0.833. The summed E-state index contributed by atoms with van der Waals surface area (Å²) >= 11 is 7.13. The molecule has 0 radical (unpaired) electrons. The van der Waals surface area contributed by atoms with Crippen LogP contribution in [0.4, 0.5) is 0 Å². The van der Waals surface area contributed by atoms with Crippen molar-refractivity contribution in [3.8, 4) is 5.75 Å². The van der Waals surface area contributed by atoms with Gasteiger partial charge < -0.3 is 15.0 Å². The fraction of sp³-hybridized carbons (Fsp3) is 0.600. The zero-order chi connectivity index (χ0) is 14.1. The van der Waals surface area contributed by atoms with Gasteiger partial charge in [-0.05, 0) is 81.4 Å². The first kappa shape index (κ1) is 14.8. The van der Waals surface area contributed by atoms with Crippen LogP contribution in [0.25, 0.3) is 0 Å². The zero-order valence-electron chi connectivity index (χ0n) is 11.7. The molecule has 3 heterocycles. The van der Waals surface area contributed by atoms with Crippen LogP contribution in [0.5, 0.6) is 5.75 Å². The van der Waals surface area contributed by atoms with Crippen molar-refractivity contribution in [3.63, 3.8) is 0 Å². The van der Waals surface area contributed by atoms with Gasteiger partial charge in [-0.1, -0.05) is 0 Å². The maximum absolute atomic E-state index is 5.34. The van der Waals surface area contributed by atoms with Crippen LogP contribution in [0.1, 0.15) is 18.4 Å². The number of piperidine rings is 3. The molecule has 1 aromatic carbocycles. The number of benzene rings is 1. The number of ether oxygens (including phenoxy) is 1. The van der Waals surface area contributed by atoms with Crippen LogP contribution in [-0.2, 0) is 6.54 Å². The molecule has 3 aliphatic heterocycles. The molecule has 1 N–H and O–H groups in total. The first-order chi connectivity index (χ1) is 9.67. The molecule has 110 valence electrons. The lowest BCUT2D eigenvalue weighted by Gasteiger charge is -2.45. The fourth-order valence-corrected chi connectivity index (χ4v) is 4.96. The second-order valence-electron chi connectivity index (χ2n) is 5.72. The molecule has 20 heavy (non-hydrogen) atoms. The normalized spacial score (nSPS) is 28.6. The van der Waals surface area contributed by atoms with E-state index in [-0.39, 0.29) is 0 Å². The molecule has 3 fully saturated rings. The van der Waals surface area contributed by atoms with Crippen molar-refractivity contribution in [1.29, 1.82) is 0 Å². The SMILES string of the molecule is COc1c(Br)cc(CNC2CN3CCC2CC3)cc1Br. The predicted octanol–water partition coefficient (Wildman–Crippen LogP) is 3.40. The highest BCUT2D eigenvalue weighted by Gasteiger charge is 2.33. The summed E-state index contributed by atoms with van der Waals surface area (Å²) in [6, 6.07) is 4.92. The summed E-state index contributed by atoms with van der Waals surface area (Å²) in [7, 11) is 1.69. The van der Waals surface area contributed by atoms with Gasteiger partial charge >= 0.3 is 0 Å². The second-order valence-corrected chi connectivity index (χ2v) is 7.43. The van der Waals surface area contributed by atoms with Crippen molar-refractivity contribution in [1.82, 2.24) is 10.2 Å². The first-order valence-corrected chi connectivity index (χ1v) is 8.73. The minimum atomic E-state index is 0.650. The number of rotatable bonds is 4. The molecule has 1 aromatic rings. The number of halogens is 2. The summed E-state index contributed by atoms with van der Waals surface area (Å²) in [6.07, 6.45) is 2.71. The zero-order valence-corrected chi connectivity index (χ0v) is 14.8. The molecular weight excluding hydrogens is 384 g/mol. The summed E-state index contributed by atoms with van der Waals surface area (Å²) < 4.78 is 7.34. The Kier molecular flexibility index (Phi) is 4.70. The van der Waals surface area contributed by atoms with E-state index in [0.717, 1.165) is 27.2 Å². The molecule has 0 amide bonds. The molecule has 3 nitrogen and oxygen atoms in total. The lowest BCUT2D eigenvalue weighted by molar-refractivity contribution is 0.0720.